The maximum absolute atomic E-state index is 14.5. The summed E-state index contributed by atoms with van der Waals surface area (Å²) in [6, 6.07) is 4.44. The van der Waals surface area contributed by atoms with Crippen molar-refractivity contribution in [3.8, 4) is 6.01 Å². The lowest BCUT2D eigenvalue weighted by molar-refractivity contribution is -0.556. The lowest BCUT2D eigenvalue weighted by Crippen LogP contribution is -2.73. The molecule has 3 atom stereocenters. The van der Waals surface area contributed by atoms with Crippen LogP contribution >= 0.6 is 0 Å². The molecule has 0 radical (unpaired) electrons. The fraction of sp³-hybridized carbons (Fsp3) is 0.448. The molecule has 2 fully saturated rings. The number of halogens is 1. The van der Waals surface area contributed by atoms with E-state index in [1.807, 2.05) is 6.07 Å². The van der Waals surface area contributed by atoms with Gasteiger partial charge < -0.3 is 30.3 Å². The molecule has 1 aliphatic carbocycles. The summed E-state index contributed by atoms with van der Waals surface area (Å²) in [5.41, 5.74) is 2.01. The van der Waals surface area contributed by atoms with Crippen molar-refractivity contribution in [2.45, 2.75) is 39.3 Å². The summed E-state index contributed by atoms with van der Waals surface area (Å²) in [6.45, 7) is 9.71. The van der Waals surface area contributed by atoms with Gasteiger partial charge in [0.15, 0.2) is 5.83 Å². The number of nitrogens with zero attached hydrogens (tertiary/aromatic N) is 3. The van der Waals surface area contributed by atoms with Crippen molar-refractivity contribution in [3.05, 3.63) is 59.3 Å². The first kappa shape index (κ1) is 27.9. The predicted octanol–water partition coefficient (Wildman–Crippen LogP) is 2.20. The van der Waals surface area contributed by atoms with Crippen molar-refractivity contribution in [3.63, 3.8) is 0 Å². The molecule has 2 aliphatic heterocycles. The van der Waals surface area contributed by atoms with E-state index >= 15 is 0 Å². The largest absolute Gasteiger partial charge is 0.463 e. The number of quaternary nitrogens is 1. The van der Waals surface area contributed by atoms with Crippen LogP contribution in [0.5, 0.6) is 6.01 Å². The van der Waals surface area contributed by atoms with E-state index < -0.39 is 11.7 Å². The maximum Gasteiger partial charge on any atom is 0.316 e. The second-order valence-corrected chi connectivity index (χ2v) is 11.2. The smallest absolute Gasteiger partial charge is 0.316 e. The maximum atomic E-state index is 14.5. The van der Waals surface area contributed by atoms with Gasteiger partial charge in [-0.3, -0.25) is 10.2 Å². The number of aromatic nitrogens is 2. The molecular weight excluding hydrogens is 513 g/mol. The van der Waals surface area contributed by atoms with E-state index in [0.717, 1.165) is 36.7 Å². The molecule has 40 heavy (non-hydrogen) atoms. The Morgan fingerprint density at radius 2 is 2.12 bits per heavy atom. The number of amides is 1. The van der Waals surface area contributed by atoms with Gasteiger partial charge in [-0.1, -0.05) is 6.92 Å². The second kappa shape index (κ2) is 11.4. The summed E-state index contributed by atoms with van der Waals surface area (Å²) in [6.07, 6.45) is 6.97. The van der Waals surface area contributed by atoms with E-state index in [1.165, 1.54) is 0 Å². The van der Waals surface area contributed by atoms with Gasteiger partial charge in [-0.15, -0.1) is 0 Å². The molecule has 5 rings (SSSR count). The third-order valence-corrected chi connectivity index (χ3v) is 7.42. The highest BCUT2D eigenvalue weighted by Gasteiger charge is 2.31. The van der Waals surface area contributed by atoms with Crippen LogP contribution in [0.1, 0.15) is 37.6 Å². The summed E-state index contributed by atoms with van der Waals surface area (Å²) in [5, 5.41) is 16.7. The Balaban J connectivity index is 1.50. The molecule has 10 nitrogen and oxygen atoms in total. The number of anilines is 1. The molecule has 0 saturated carbocycles. The monoisotopic (exact) mass is 550 g/mol. The fourth-order valence-corrected chi connectivity index (χ4v) is 5.41. The van der Waals surface area contributed by atoms with Crippen LogP contribution in [-0.4, -0.2) is 73.6 Å². The summed E-state index contributed by atoms with van der Waals surface area (Å²) >= 11 is 0. The number of carbonyl (C=O) groups is 1. The fourth-order valence-electron chi connectivity index (χ4n) is 5.41. The molecule has 1 aromatic carbocycles. The van der Waals surface area contributed by atoms with Crippen LogP contribution in [0.15, 0.2) is 53.8 Å². The van der Waals surface area contributed by atoms with Crippen molar-refractivity contribution >= 4 is 28.2 Å². The molecule has 0 spiro atoms. The van der Waals surface area contributed by atoms with Gasteiger partial charge in [-0.25, -0.2) is 9.37 Å². The quantitative estimate of drug-likeness (QED) is 0.416. The zero-order chi connectivity index (χ0) is 28.4. The topological polar surface area (TPSA) is 129 Å². The lowest BCUT2D eigenvalue weighted by atomic mass is 9.91. The standard InChI is InChI=1S/C29H36FN7O3/c1-17-13-37(14-18(2)34-17)24-6-5-21(27(38)35-20-9-19(11-32-4)25(31)23(30)10-20)26-22(24)12-33-28(36-26)40-16-29(3)7-8-39-15-29/h5-6,9-12,17-18,31-32,34H,7-8,13-16H2,1-4H3,(H,35,38)/p+1/b19-11-,31-25?/t17-,18+,29?. The molecule has 2 aromatic rings. The minimum Gasteiger partial charge on any atom is -0.463 e. The molecule has 3 aliphatic rings. The normalized spacial score (nSPS) is 26.2. The summed E-state index contributed by atoms with van der Waals surface area (Å²) in [4.78, 5) is 25.1. The average molecular weight is 551 g/mol. The van der Waals surface area contributed by atoms with E-state index in [2.05, 4.69) is 41.3 Å². The highest BCUT2D eigenvalue weighted by Crippen LogP contribution is 2.32. The third-order valence-electron chi connectivity index (χ3n) is 7.42. The first-order valence-corrected chi connectivity index (χ1v) is 13.7. The van der Waals surface area contributed by atoms with E-state index in [0.29, 0.717) is 48.6 Å². The predicted molar refractivity (Wildman–Crippen MR) is 151 cm³/mol. The number of carbonyl (C=O) groups excluding carboxylic acids is 1. The zero-order valence-corrected chi connectivity index (χ0v) is 23.4. The van der Waals surface area contributed by atoms with Gasteiger partial charge >= 0.3 is 6.01 Å². The highest BCUT2D eigenvalue weighted by atomic mass is 19.1. The minimum atomic E-state index is -0.713. The molecule has 11 heteroatoms. The molecule has 1 amide bonds. The van der Waals surface area contributed by atoms with Gasteiger partial charge in [0.1, 0.15) is 11.9 Å². The van der Waals surface area contributed by atoms with E-state index in [1.54, 1.807) is 36.9 Å². The van der Waals surface area contributed by atoms with E-state index in [-0.39, 0.29) is 22.8 Å². The number of hydrogen-bond acceptors (Lipinski definition) is 8. The molecule has 3 heterocycles. The number of fused-ring (bicyclic) bond motifs is 1. The SMILES string of the molecule is C[NH2+]/C=C1/C=C(NC(=O)c2ccc(N3C[C@@H](C)N[C@@H](C)C3)c3cnc(OCC4(C)CCOC4)nc23)C=C(F)C1=N. The van der Waals surface area contributed by atoms with Gasteiger partial charge in [0.25, 0.3) is 5.91 Å². The summed E-state index contributed by atoms with van der Waals surface area (Å²) in [7, 11) is 1.79. The summed E-state index contributed by atoms with van der Waals surface area (Å²) in [5.74, 6) is -1.15. The number of benzene rings is 1. The second-order valence-electron chi connectivity index (χ2n) is 11.2. The van der Waals surface area contributed by atoms with Crippen LogP contribution < -0.4 is 25.6 Å². The molecule has 5 N–H and O–H groups in total. The van der Waals surface area contributed by atoms with Gasteiger partial charge in [-0.05, 0) is 44.6 Å². The minimum absolute atomic E-state index is 0.119. The van der Waals surface area contributed by atoms with Gasteiger partial charge in [0, 0.05) is 60.2 Å². The lowest BCUT2D eigenvalue weighted by Gasteiger charge is -2.38. The Morgan fingerprint density at radius 3 is 2.83 bits per heavy atom. The Morgan fingerprint density at radius 1 is 1.35 bits per heavy atom. The number of ether oxygens (including phenoxy) is 2. The van der Waals surface area contributed by atoms with Gasteiger partial charge in [-0.2, -0.15) is 4.98 Å². The van der Waals surface area contributed by atoms with Crippen LogP contribution in [0.25, 0.3) is 10.9 Å². The zero-order valence-electron chi connectivity index (χ0n) is 23.4. The molecular formula is C29H37FN7O3+. The average Bonchev–Trinajstić information content (AvgIpc) is 3.35. The first-order chi connectivity index (χ1) is 19.2. The van der Waals surface area contributed by atoms with Crippen LogP contribution in [0.2, 0.25) is 0 Å². The summed E-state index contributed by atoms with van der Waals surface area (Å²) < 4.78 is 26.0. The number of nitrogens with one attached hydrogen (secondary N) is 3. The van der Waals surface area contributed by atoms with Gasteiger partial charge in [0.2, 0.25) is 0 Å². The number of allylic oxidation sites excluding steroid dienone is 4. The van der Waals surface area contributed by atoms with Crippen LogP contribution in [-0.2, 0) is 4.74 Å². The molecule has 0 bridgehead atoms. The van der Waals surface area contributed by atoms with Crippen molar-refractivity contribution in [1.29, 1.82) is 5.41 Å². The first-order valence-electron chi connectivity index (χ1n) is 13.7. The molecule has 1 unspecified atom stereocenters. The number of nitrogens with two attached hydrogens (primary N) is 1. The van der Waals surface area contributed by atoms with Crippen LogP contribution in [0.4, 0.5) is 10.1 Å². The molecule has 2 saturated heterocycles. The third kappa shape index (κ3) is 5.91. The molecule has 212 valence electrons. The van der Waals surface area contributed by atoms with Crippen molar-refractivity contribution < 1.29 is 24.0 Å². The van der Waals surface area contributed by atoms with E-state index in [4.69, 9.17) is 19.9 Å². The van der Waals surface area contributed by atoms with Crippen molar-refractivity contribution in [2.24, 2.45) is 5.41 Å². The highest BCUT2D eigenvalue weighted by molar-refractivity contribution is 6.13. The van der Waals surface area contributed by atoms with Crippen molar-refractivity contribution in [2.75, 3.05) is 44.9 Å². The van der Waals surface area contributed by atoms with Crippen molar-refractivity contribution in [1.82, 2.24) is 20.6 Å². The van der Waals surface area contributed by atoms with Crippen LogP contribution in [0.3, 0.4) is 0 Å². The Hall–Kier alpha value is -3.67. The Labute approximate surface area is 233 Å². The number of rotatable bonds is 7. The Bertz CT molecular complexity index is 1400. The van der Waals surface area contributed by atoms with E-state index in [9.17, 15) is 9.18 Å². The molecule has 1 aromatic heterocycles. The van der Waals surface area contributed by atoms with Gasteiger partial charge in [0.05, 0.1) is 36.9 Å². The Kier molecular flexibility index (Phi) is 7.97. The van der Waals surface area contributed by atoms with Crippen LogP contribution in [0, 0.1) is 10.8 Å². The number of piperazine rings is 1. The number of hydrogen-bond donors (Lipinski definition) is 4.